The van der Waals surface area contributed by atoms with Crippen LogP contribution in [0.5, 0.6) is 0 Å². The van der Waals surface area contributed by atoms with E-state index in [1.807, 2.05) is 0 Å². The lowest BCUT2D eigenvalue weighted by molar-refractivity contribution is -0.106. The number of hydrogen-bond acceptors (Lipinski definition) is 2. The Kier molecular flexibility index (Phi) is 4.53. The summed E-state index contributed by atoms with van der Waals surface area (Å²) in [5.41, 5.74) is 1.11. The Labute approximate surface area is 123 Å². The van der Waals surface area contributed by atoms with Crippen LogP contribution in [-0.2, 0) is 11.2 Å². The topological polar surface area (TPSA) is 26.3 Å². The van der Waals surface area contributed by atoms with Gasteiger partial charge >= 0.3 is 6.18 Å². The molecule has 1 aliphatic rings. The Morgan fingerprint density at radius 1 is 1.38 bits per heavy atom. The average Bonchev–Trinajstić information content (AvgIpc) is 2.73. The van der Waals surface area contributed by atoms with Gasteiger partial charge in [-0.1, -0.05) is 6.58 Å². The number of anilines is 1. The van der Waals surface area contributed by atoms with Crippen molar-refractivity contribution in [3.05, 3.63) is 35.8 Å². The van der Waals surface area contributed by atoms with Crippen LogP contribution in [0.4, 0.5) is 23.2 Å². The van der Waals surface area contributed by atoms with Crippen molar-refractivity contribution >= 4 is 16.9 Å². The molecule has 1 aromatic carbocycles. The fourth-order valence-corrected chi connectivity index (χ4v) is 3.46. The van der Waals surface area contributed by atoms with Crippen molar-refractivity contribution in [3.8, 4) is 0 Å². The first-order valence-corrected chi connectivity index (χ1v) is 7.71. The zero-order valence-electron chi connectivity index (χ0n) is 11.5. The summed E-state index contributed by atoms with van der Waals surface area (Å²) in [6, 6.07) is 2.38. The van der Waals surface area contributed by atoms with E-state index >= 15 is 0 Å². The molecule has 2 rings (SSSR count). The molecule has 7 heteroatoms. The summed E-state index contributed by atoms with van der Waals surface area (Å²) in [4.78, 5) is 1.65. The molecule has 1 saturated heterocycles. The van der Waals surface area contributed by atoms with Crippen molar-refractivity contribution in [3.63, 3.8) is 0 Å². The lowest BCUT2D eigenvalue weighted by Gasteiger charge is -2.22. The first kappa shape index (κ1) is 16.2. The van der Waals surface area contributed by atoms with Gasteiger partial charge in [0, 0.05) is 23.9 Å². The summed E-state index contributed by atoms with van der Waals surface area (Å²) in [6.45, 7) is 5.83. The molecule has 0 amide bonds. The van der Waals surface area contributed by atoms with E-state index in [1.165, 1.54) is 13.0 Å². The highest BCUT2D eigenvalue weighted by Gasteiger charge is 2.36. The Morgan fingerprint density at radius 2 is 2.05 bits per heavy atom. The molecule has 1 atom stereocenters. The molecule has 2 nitrogen and oxygen atoms in total. The average molecular weight is 321 g/mol. The predicted octanol–water partition coefficient (Wildman–Crippen LogP) is 3.92. The molecule has 0 radical (unpaired) electrons. The number of alkyl halides is 3. The number of rotatable bonds is 3. The van der Waals surface area contributed by atoms with Gasteiger partial charge in [0.2, 0.25) is 5.75 Å². The van der Waals surface area contributed by atoms with Crippen LogP contribution in [0.15, 0.2) is 29.3 Å². The Morgan fingerprint density at radius 3 is 2.57 bits per heavy atom. The SMILES string of the molecule is C=C1CCCN1c1cc([S+]([O-])CC(F)(F)F)c(C)cc1F. The number of hydrogen-bond donors (Lipinski definition) is 0. The summed E-state index contributed by atoms with van der Waals surface area (Å²) in [7, 11) is 0. The van der Waals surface area contributed by atoms with Crippen LogP contribution >= 0.6 is 0 Å². The van der Waals surface area contributed by atoms with Crippen LogP contribution < -0.4 is 4.90 Å². The Bertz CT molecular complexity index is 559. The van der Waals surface area contributed by atoms with Gasteiger partial charge in [-0.2, -0.15) is 13.2 Å². The highest BCUT2D eigenvalue weighted by Crippen LogP contribution is 2.34. The molecular weight excluding hydrogens is 306 g/mol. The van der Waals surface area contributed by atoms with Crippen molar-refractivity contribution in [1.82, 2.24) is 0 Å². The zero-order chi connectivity index (χ0) is 15.8. The third-order valence-electron chi connectivity index (χ3n) is 3.30. The summed E-state index contributed by atoms with van der Waals surface area (Å²) >= 11 is -2.24. The van der Waals surface area contributed by atoms with Gasteiger partial charge in [0.15, 0.2) is 4.90 Å². The van der Waals surface area contributed by atoms with Gasteiger partial charge in [-0.15, -0.1) is 0 Å². The number of nitrogens with zero attached hydrogens (tertiary/aromatic N) is 1. The van der Waals surface area contributed by atoms with Crippen LogP contribution in [0.3, 0.4) is 0 Å². The molecule has 0 spiro atoms. The minimum atomic E-state index is -4.52. The quantitative estimate of drug-likeness (QED) is 0.623. The van der Waals surface area contributed by atoms with E-state index in [0.29, 0.717) is 18.7 Å². The maximum Gasteiger partial charge on any atom is 0.433 e. The fraction of sp³-hybridized carbons (Fsp3) is 0.429. The molecule has 1 aliphatic heterocycles. The van der Waals surface area contributed by atoms with Crippen molar-refractivity contribution < 1.29 is 22.1 Å². The van der Waals surface area contributed by atoms with Gasteiger partial charge in [0.25, 0.3) is 0 Å². The molecule has 0 aliphatic carbocycles. The van der Waals surface area contributed by atoms with Crippen LogP contribution in [0.2, 0.25) is 0 Å². The van der Waals surface area contributed by atoms with Crippen molar-refractivity contribution in [2.75, 3.05) is 17.2 Å². The molecule has 0 bridgehead atoms. The number of benzene rings is 1. The van der Waals surface area contributed by atoms with Crippen LogP contribution in [0.25, 0.3) is 0 Å². The second-order valence-corrected chi connectivity index (χ2v) is 6.42. The summed E-state index contributed by atoms with van der Waals surface area (Å²) in [5.74, 6) is -1.97. The molecule has 116 valence electrons. The summed E-state index contributed by atoms with van der Waals surface area (Å²) < 4.78 is 63.0. The minimum absolute atomic E-state index is 0.0171. The Hall–Kier alpha value is -1.21. The van der Waals surface area contributed by atoms with Crippen LogP contribution in [0, 0.1) is 12.7 Å². The third kappa shape index (κ3) is 3.71. The largest absolute Gasteiger partial charge is 0.611 e. The van der Waals surface area contributed by atoms with Crippen molar-refractivity contribution in [1.29, 1.82) is 0 Å². The predicted molar refractivity (Wildman–Crippen MR) is 74.2 cm³/mol. The van der Waals surface area contributed by atoms with E-state index in [4.69, 9.17) is 0 Å². The van der Waals surface area contributed by atoms with Gasteiger partial charge in [0.1, 0.15) is 5.82 Å². The third-order valence-corrected chi connectivity index (χ3v) is 4.82. The van der Waals surface area contributed by atoms with Gasteiger partial charge in [0.05, 0.1) is 5.69 Å². The van der Waals surface area contributed by atoms with Crippen LogP contribution in [0.1, 0.15) is 18.4 Å². The second kappa shape index (κ2) is 5.88. The second-order valence-electron chi connectivity index (χ2n) is 5.00. The molecule has 0 saturated carbocycles. The van der Waals surface area contributed by atoms with E-state index in [0.717, 1.165) is 12.5 Å². The van der Waals surface area contributed by atoms with Gasteiger partial charge in [-0.25, -0.2) is 4.39 Å². The summed E-state index contributed by atoms with van der Waals surface area (Å²) in [6.07, 6.45) is -3.00. The first-order chi connectivity index (χ1) is 9.69. The normalized spacial score (nSPS) is 17.4. The highest BCUT2D eigenvalue weighted by atomic mass is 32.2. The molecule has 1 aromatic rings. The highest BCUT2D eigenvalue weighted by molar-refractivity contribution is 7.91. The molecule has 1 fully saturated rings. The van der Waals surface area contributed by atoms with E-state index in [2.05, 4.69) is 6.58 Å². The van der Waals surface area contributed by atoms with E-state index in [9.17, 15) is 22.1 Å². The van der Waals surface area contributed by atoms with Crippen molar-refractivity contribution in [2.45, 2.75) is 30.8 Å². The smallest absolute Gasteiger partial charge is 0.433 e. The van der Waals surface area contributed by atoms with Gasteiger partial charge in [-0.05, 0) is 37.0 Å². The molecule has 1 unspecified atom stereocenters. The van der Waals surface area contributed by atoms with Gasteiger partial charge < -0.3 is 9.45 Å². The van der Waals surface area contributed by atoms with E-state index in [-0.39, 0.29) is 16.1 Å². The van der Waals surface area contributed by atoms with Crippen molar-refractivity contribution in [2.24, 2.45) is 0 Å². The maximum absolute atomic E-state index is 14.1. The molecular formula is C14H15F4NOS. The standard InChI is InChI=1S/C14H15F4NOS/c1-9-6-11(15)12(19-5-3-4-10(19)2)7-13(9)21(20)8-14(16,17)18/h6-7H,2-5,8H2,1H3. The minimum Gasteiger partial charge on any atom is -0.611 e. The molecule has 0 aromatic heterocycles. The van der Waals surface area contributed by atoms with E-state index in [1.54, 1.807) is 4.90 Å². The fourth-order valence-electron chi connectivity index (χ4n) is 2.35. The summed E-state index contributed by atoms with van der Waals surface area (Å²) in [5, 5.41) is 0. The zero-order valence-corrected chi connectivity index (χ0v) is 12.3. The van der Waals surface area contributed by atoms with Gasteiger partial charge in [-0.3, -0.25) is 0 Å². The molecule has 21 heavy (non-hydrogen) atoms. The lowest BCUT2D eigenvalue weighted by Crippen LogP contribution is -2.24. The van der Waals surface area contributed by atoms with E-state index < -0.39 is 28.9 Å². The number of allylic oxidation sites excluding steroid dienone is 1. The molecule has 0 N–H and O–H groups in total. The Balaban J connectivity index is 2.36. The van der Waals surface area contributed by atoms with Crippen LogP contribution in [-0.4, -0.2) is 23.0 Å². The lowest BCUT2D eigenvalue weighted by atomic mass is 10.2. The number of aryl methyl sites for hydroxylation is 1. The maximum atomic E-state index is 14.1. The number of halogens is 4. The molecule has 1 heterocycles. The monoisotopic (exact) mass is 321 g/mol. The first-order valence-electron chi connectivity index (χ1n) is 6.39.